The molecule has 1 N–H and O–H groups in total. The van der Waals surface area contributed by atoms with E-state index in [2.05, 4.69) is 10.1 Å². The minimum atomic E-state index is -1.96. The first-order valence-electron chi connectivity index (χ1n) is 17.3. The van der Waals surface area contributed by atoms with E-state index in [9.17, 15) is 28.0 Å². The fourth-order valence-electron chi connectivity index (χ4n) is 5.72. The Kier molecular flexibility index (Phi) is 14.2. The fourth-order valence-corrected chi connectivity index (χ4v) is 7.08. The molecule has 2 aliphatic heterocycles. The van der Waals surface area contributed by atoms with Crippen LogP contribution in [0, 0.1) is 34.7 Å². The second-order valence-electron chi connectivity index (χ2n) is 12.7. The van der Waals surface area contributed by atoms with Gasteiger partial charge in [-0.25, -0.2) is 32.4 Å². The zero-order valence-corrected chi connectivity index (χ0v) is 31.2. The smallest absolute Gasteiger partial charge is 0.481 e. The van der Waals surface area contributed by atoms with Crippen molar-refractivity contribution in [3.8, 4) is 6.07 Å². The number of carboxylic acids is 1. The molecule has 300 valence electrons. The van der Waals surface area contributed by atoms with Gasteiger partial charge in [0.05, 0.1) is 42.6 Å². The summed E-state index contributed by atoms with van der Waals surface area (Å²) in [6, 6.07) is 8.74. The van der Waals surface area contributed by atoms with E-state index >= 15 is 4.39 Å². The molecule has 3 atom stereocenters. The number of ether oxygens (including phenoxy) is 5. The number of carboxylic acid groups (broad SMARTS) is 1. The van der Waals surface area contributed by atoms with Gasteiger partial charge in [-0.15, -0.1) is 11.8 Å². The summed E-state index contributed by atoms with van der Waals surface area (Å²) < 4.78 is 73.2. The molecule has 2 fully saturated rings. The van der Waals surface area contributed by atoms with Crippen LogP contribution in [0.1, 0.15) is 30.5 Å². The zero-order chi connectivity index (χ0) is 41.1. The molecular formula is C38H36F3N5O10S. The van der Waals surface area contributed by atoms with Gasteiger partial charge in [-0.2, -0.15) is 10.4 Å². The number of halogens is 3. The van der Waals surface area contributed by atoms with E-state index in [1.165, 1.54) is 59.1 Å². The van der Waals surface area contributed by atoms with Gasteiger partial charge in [-0.05, 0) is 37.3 Å². The van der Waals surface area contributed by atoms with Gasteiger partial charge in [-0.3, -0.25) is 9.59 Å². The number of nitrogens with zero attached hydrogens (tertiary/aromatic N) is 5. The molecule has 1 amide bonds. The Morgan fingerprint density at radius 3 is 2.46 bits per heavy atom. The number of carbonyl (C=O) groups is 4. The molecule has 0 aliphatic carbocycles. The molecule has 3 aromatic rings. The van der Waals surface area contributed by atoms with E-state index in [1.54, 1.807) is 25.2 Å². The highest BCUT2D eigenvalue weighted by Crippen LogP contribution is 2.42. The summed E-state index contributed by atoms with van der Waals surface area (Å²) in [5.74, 6) is -5.89. The molecule has 2 aliphatic rings. The van der Waals surface area contributed by atoms with Gasteiger partial charge >= 0.3 is 18.1 Å². The number of esters is 1. The van der Waals surface area contributed by atoms with Crippen LogP contribution in [0.15, 0.2) is 79.4 Å². The second-order valence-corrected chi connectivity index (χ2v) is 14.4. The first-order valence-corrected chi connectivity index (χ1v) is 18.2. The van der Waals surface area contributed by atoms with E-state index in [0.29, 0.717) is 6.07 Å². The number of aliphatic carboxylic acids is 1. The Morgan fingerprint density at radius 2 is 1.81 bits per heavy atom. The number of amides is 1. The number of nitriles is 1. The number of aromatic nitrogens is 3. The molecule has 1 aromatic heterocycles. The van der Waals surface area contributed by atoms with E-state index < -0.39 is 76.1 Å². The van der Waals surface area contributed by atoms with Crippen molar-refractivity contribution in [3.05, 3.63) is 114 Å². The van der Waals surface area contributed by atoms with Crippen LogP contribution >= 0.6 is 11.8 Å². The predicted molar refractivity (Wildman–Crippen MR) is 194 cm³/mol. The SMILES string of the molecule is CC(OC(=O)C=CC(=O)N1CC(C(=O)O)C1)OC(=O)OC(Cn1cncn1)(c1ccc(F)cc1F)C(C)SC1COC(C=CC=Cc2ccc(C#N)cc2F)OC1. The van der Waals surface area contributed by atoms with E-state index in [0.717, 1.165) is 30.4 Å². The van der Waals surface area contributed by atoms with Crippen LogP contribution in [0.25, 0.3) is 6.08 Å². The minimum absolute atomic E-state index is 0.00983. The summed E-state index contributed by atoms with van der Waals surface area (Å²) >= 11 is 1.21. The van der Waals surface area contributed by atoms with E-state index in [4.69, 9.17) is 34.1 Å². The van der Waals surface area contributed by atoms with E-state index in [1.807, 2.05) is 6.07 Å². The standard InChI is InChI=1S/C38H36F3N5O10S/c1-23(57-29-18-52-35(53-19-29)6-4-3-5-26-8-7-25(15-42)13-31(26)40)38(20-46-22-43-21-44-46,30-10-9-28(39)14-32(30)41)56-37(51)55-24(2)54-34(48)12-11-33(47)45-16-27(17-45)36(49)50/h3-14,21-24,27,29,35H,16-20H2,1-2H3,(H,49,50). The maximum absolute atomic E-state index is 15.7. The molecule has 15 nitrogen and oxygen atoms in total. The lowest BCUT2D eigenvalue weighted by Gasteiger charge is -2.40. The molecule has 0 spiro atoms. The van der Waals surface area contributed by atoms with Crippen LogP contribution in [0.3, 0.4) is 0 Å². The topological polar surface area (TPSA) is 192 Å². The average molecular weight is 812 g/mol. The number of likely N-dealkylation sites (tertiary alicyclic amines) is 1. The van der Waals surface area contributed by atoms with Crippen molar-refractivity contribution in [2.24, 2.45) is 5.92 Å². The average Bonchev–Trinajstić information content (AvgIpc) is 3.65. The van der Waals surface area contributed by atoms with Gasteiger partial charge in [0.15, 0.2) is 11.9 Å². The fraction of sp³-hybridized carbons (Fsp3) is 0.342. The third-order valence-corrected chi connectivity index (χ3v) is 10.1. The number of hydrogen-bond acceptors (Lipinski definition) is 13. The van der Waals surface area contributed by atoms with Crippen molar-refractivity contribution in [1.82, 2.24) is 19.7 Å². The number of rotatable bonds is 15. The summed E-state index contributed by atoms with van der Waals surface area (Å²) in [6.45, 7) is 2.75. The quantitative estimate of drug-likeness (QED) is 0.0958. The summed E-state index contributed by atoms with van der Waals surface area (Å²) in [4.78, 5) is 54.1. The lowest BCUT2D eigenvalue weighted by atomic mass is 9.89. The maximum Gasteiger partial charge on any atom is 0.512 e. The Morgan fingerprint density at radius 1 is 1.05 bits per heavy atom. The first kappa shape index (κ1) is 42.2. The van der Waals surface area contributed by atoms with Crippen molar-refractivity contribution < 1.29 is 61.1 Å². The van der Waals surface area contributed by atoms with Crippen LogP contribution in [-0.2, 0) is 50.2 Å². The monoisotopic (exact) mass is 811 g/mol. The second kappa shape index (κ2) is 19.3. The highest BCUT2D eigenvalue weighted by molar-refractivity contribution is 8.00. The Labute approximate surface area is 328 Å². The van der Waals surface area contributed by atoms with Crippen LogP contribution in [0.4, 0.5) is 18.0 Å². The van der Waals surface area contributed by atoms with Crippen molar-refractivity contribution in [2.75, 3.05) is 26.3 Å². The normalized spacial score (nSPS) is 19.4. The molecule has 0 radical (unpaired) electrons. The molecule has 5 rings (SSSR count). The van der Waals surface area contributed by atoms with E-state index in [-0.39, 0.29) is 49.5 Å². The highest BCUT2D eigenvalue weighted by atomic mass is 32.2. The number of hydrogen-bond donors (Lipinski definition) is 1. The highest BCUT2D eigenvalue weighted by Gasteiger charge is 2.47. The third kappa shape index (κ3) is 11.3. The Balaban J connectivity index is 1.25. The summed E-state index contributed by atoms with van der Waals surface area (Å²) in [6.07, 6.45) is 6.77. The minimum Gasteiger partial charge on any atom is -0.481 e. The van der Waals surface area contributed by atoms with Gasteiger partial charge in [-0.1, -0.05) is 24.3 Å². The molecule has 57 heavy (non-hydrogen) atoms. The number of thioether (sulfide) groups is 1. The molecule has 19 heteroatoms. The summed E-state index contributed by atoms with van der Waals surface area (Å²) in [5, 5.41) is 20.7. The molecule has 0 saturated carbocycles. The lowest BCUT2D eigenvalue weighted by molar-refractivity contribution is -0.166. The van der Waals surface area contributed by atoms with Gasteiger partial charge in [0.1, 0.15) is 30.1 Å². The summed E-state index contributed by atoms with van der Waals surface area (Å²) in [7, 11) is 0. The van der Waals surface area contributed by atoms with Crippen molar-refractivity contribution >= 4 is 41.8 Å². The first-order chi connectivity index (χ1) is 27.3. The predicted octanol–water partition coefficient (Wildman–Crippen LogP) is 4.74. The van der Waals surface area contributed by atoms with Crippen LogP contribution < -0.4 is 0 Å². The van der Waals surface area contributed by atoms with Crippen LogP contribution in [0.2, 0.25) is 0 Å². The number of allylic oxidation sites excluding steroid dienone is 2. The van der Waals surface area contributed by atoms with Crippen molar-refractivity contribution in [1.29, 1.82) is 5.26 Å². The Bertz CT molecular complexity index is 2060. The van der Waals surface area contributed by atoms with Gasteiger partial charge in [0.2, 0.25) is 12.2 Å². The largest absolute Gasteiger partial charge is 0.512 e. The van der Waals surface area contributed by atoms with Gasteiger partial charge in [0, 0.05) is 54.6 Å². The lowest BCUT2D eigenvalue weighted by Crippen LogP contribution is -2.52. The van der Waals surface area contributed by atoms with Gasteiger partial charge < -0.3 is 33.7 Å². The van der Waals surface area contributed by atoms with Crippen molar-refractivity contribution in [2.45, 2.75) is 49.1 Å². The van der Waals surface area contributed by atoms with Crippen LogP contribution in [-0.4, -0.2) is 98.2 Å². The molecule has 2 saturated heterocycles. The number of benzene rings is 2. The number of carbonyl (C=O) groups excluding carboxylic acids is 3. The zero-order valence-electron chi connectivity index (χ0n) is 30.4. The Hall–Kier alpha value is -5.97. The molecular weight excluding hydrogens is 776 g/mol. The molecule has 0 bridgehead atoms. The van der Waals surface area contributed by atoms with Crippen molar-refractivity contribution in [3.63, 3.8) is 0 Å². The third-order valence-electron chi connectivity index (χ3n) is 8.70. The van der Waals surface area contributed by atoms with Crippen LogP contribution in [0.5, 0.6) is 0 Å². The maximum atomic E-state index is 15.7. The summed E-state index contributed by atoms with van der Waals surface area (Å²) in [5.41, 5.74) is -1.71. The molecule has 3 unspecified atom stereocenters. The molecule has 2 aromatic carbocycles. The molecule has 3 heterocycles. The van der Waals surface area contributed by atoms with Gasteiger partial charge in [0.25, 0.3) is 0 Å².